The first-order valence-corrected chi connectivity index (χ1v) is 4.16. The molecule has 2 fully saturated rings. The van der Waals surface area contributed by atoms with Gasteiger partial charge in [0.1, 0.15) is 5.78 Å². The number of carbonyl (C=O) groups is 1. The Labute approximate surface area is 66.8 Å². The highest BCUT2D eigenvalue weighted by Gasteiger charge is 2.42. The van der Waals surface area contributed by atoms with Crippen LogP contribution in [-0.4, -0.2) is 42.9 Å². The van der Waals surface area contributed by atoms with Gasteiger partial charge >= 0.3 is 0 Å². The van der Waals surface area contributed by atoms with Crippen LogP contribution < -0.4 is 5.32 Å². The maximum Gasteiger partial charge on any atom is 0.148 e. The molecule has 11 heavy (non-hydrogen) atoms. The van der Waals surface area contributed by atoms with Crippen molar-refractivity contribution in [3.63, 3.8) is 0 Å². The van der Waals surface area contributed by atoms with Crippen LogP contribution in [-0.2, 0) is 4.79 Å². The van der Waals surface area contributed by atoms with E-state index in [4.69, 9.17) is 0 Å². The molecule has 2 heterocycles. The average Bonchev–Trinajstić information content (AvgIpc) is 2.44. The van der Waals surface area contributed by atoms with Crippen LogP contribution in [0.4, 0.5) is 0 Å². The molecule has 0 aromatic rings. The summed E-state index contributed by atoms with van der Waals surface area (Å²) < 4.78 is 0. The second-order valence-corrected chi connectivity index (χ2v) is 3.84. The maximum atomic E-state index is 11.0. The van der Waals surface area contributed by atoms with Gasteiger partial charge in [0, 0.05) is 18.5 Å². The van der Waals surface area contributed by atoms with E-state index in [-0.39, 0.29) is 5.54 Å². The van der Waals surface area contributed by atoms with Crippen molar-refractivity contribution in [2.75, 3.05) is 26.7 Å². The van der Waals surface area contributed by atoms with E-state index < -0.39 is 0 Å². The van der Waals surface area contributed by atoms with Crippen molar-refractivity contribution in [2.24, 2.45) is 0 Å². The fraction of sp³-hybridized carbons (Fsp3) is 0.875. The molecule has 0 amide bonds. The third-order valence-corrected chi connectivity index (χ3v) is 2.74. The van der Waals surface area contributed by atoms with E-state index in [1.54, 1.807) is 0 Å². The van der Waals surface area contributed by atoms with E-state index >= 15 is 0 Å². The van der Waals surface area contributed by atoms with Gasteiger partial charge in [0.2, 0.25) is 0 Å². The molecule has 0 saturated carbocycles. The lowest BCUT2D eigenvalue weighted by molar-refractivity contribution is -0.116. The number of Topliss-reactive ketones (excluding diaryl/α,β-unsaturated/α-hetero) is 1. The summed E-state index contributed by atoms with van der Waals surface area (Å²) in [5.41, 5.74) is 0.159. The smallest absolute Gasteiger partial charge is 0.148 e. The van der Waals surface area contributed by atoms with Gasteiger partial charge in [-0.2, -0.15) is 0 Å². The van der Waals surface area contributed by atoms with E-state index in [1.165, 1.54) is 0 Å². The molecule has 1 spiro atoms. The Kier molecular flexibility index (Phi) is 1.51. The molecule has 2 saturated heterocycles. The maximum absolute atomic E-state index is 11.0. The fourth-order valence-corrected chi connectivity index (χ4v) is 2.16. The first kappa shape index (κ1) is 7.25. The summed E-state index contributed by atoms with van der Waals surface area (Å²) in [6, 6.07) is 0. The van der Waals surface area contributed by atoms with Gasteiger partial charge in [0.25, 0.3) is 0 Å². The largest absolute Gasteiger partial charge is 0.304 e. The Hall–Kier alpha value is -0.410. The van der Waals surface area contributed by atoms with Crippen molar-refractivity contribution >= 4 is 5.78 Å². The molecule has 0 aromatic carbocycles. The van der Waals surface area contributed by atoms with Gasteiger partial charge in [0.05, 0.1) is 6.54 Å². The summed E-state index contributed by atoms with van der Waals surface area (Å²) in [4.78, 5) is 13.3. The van der Waals surface area contributed by atoms with Crippen LogP contribution in [0.3, 0.4) is 0 Å². The fourth-order valence-electron chi connectivity index (χ4n) is 2.16. The summed E-state index contributed by atoms with van der Waals surface area (Å²) in [6.45, 7) is 2.76. The minimum Gasteiger partial charge on any atom is -0.304 e. The highest BCUT2D eigenvalue weighted by molar-refractivity contribution is 5.84. The lowest BCUT2D eigenvalue weighted by Gasteiger charge is -2.21. The van der Waals surface area contributed by atoms with E-state index in [9.17, 15) is 4.79 Å². The number of nitrogens with one attached hydrogen (secondary N) is 1. The first-order chi connectivity index (χ1) is 5.20. The third kappa shape index (κ3) is 1.19. The molecular weight excluding hydrogens is 140 g/mol. The Bertz CT molecular complexity index is 193. The number of carbonyl (C=O) groups excluding carboxylic acids is 1. The van der Waals surface area contributed by atoms with Gasteiger partial charge in [-0.15, -0.1) is 0 Å². The second-order valence-electron chi connectivity index (χ2n) is 3.84. The molecule has 2 aliphatic rings. The van der Waals surface area contributed by atoms with Gasteiger partial charge in [-0.1, -0.05) is 0 Å². The first-order valence-electron chi connectivity index (χ1n) is 4.16. The summed E-state index contributed by atoms with van der Waals surface area (Å²) in [6.07, 6.45) is 1.88. The van der Waals surface area contributed by atoms with Crippen molar-refractivity contribution in [2.45, 2.75) is 18.4 Å². The van der Waals surface area contributed by atoms with Crippen LogP contribution in [0.5, 0.6) is 0 Å². The van der Waals surface area contributed by atoms with Gasteiger partial charge < -0.3 is 10.2 Å². The molecule has 0 radical (unpaired) electrons. The average molecular weight is 154 g/mol. The van der Waals surface area contributed by atoms with Crippen LogP contribution in [0.25, 0.3) is 0 Å². The zero-order valence-electron chi connectivity index (χ0n) is 6.89. The third-order valence-electron chi connectivity index (χ3n) is 2.74. The van der Waals surface area contributed by atoms with E-state index in [2.05, 4.69) is 17.3 Å². The molecule has 0 aliphatic carbocycles. The highest BCUT2D eigenvalue weighted by Crippen LogP contribution is 2.27. The number of hydrogen-bond acceptors (Lipinski definition) is 3. The van der Waals surface area contributed by atoms with Gasteiger partial charge in [0.15, 0.2) is 0 Å². The normalized spacial score (nSPS) is 39.2. The molecule has 62 valence electrons. The number of hydrogen-bond donors (Lipinski definition) is 1. The number of nitrogens with zero attached hydrogens (tertiary/aromatic N) is 1. The van der Waals surface area contributed by atoms with Crippen LogP contribution in [0.1, 0.15) is 12.8 Å². The summed E-state index contributed by atoms with van der Waals surface area (Å²) >= 11 is 0. The zero-order valence-corrected chi connectivity index (χ0v) is 6.89. The predicted molar refractivity (Wildman–Crippen MR) is 42.5 cm³/mol. The zero-order chi connectivity index (χ0) is 7.90. The standard InChI is InChI=1S/C8H14N2O/c1-10-3-2-8(6-10)4-7(11)5-9-8/h9H,2-6H2,1H3. The van der Waals surface area contributed by atoms with Crippen molar-refractivity contribution < 1.29 is 4.79 Å². The minimum atomic E-state index is 0.159. The highest BCUT2D eigenvalue weighted by atomic mass is 16.1. The van der Waals surface area contributed by atoms with Gasteiger partial charge in [-0.3, -0.25) is 4.79 Å². The Morgan fingerprint density at radius 3 is 2.91 bits per heavy atom. The number of rotatable bonds is 0. The van der Waals surface area contributed by atoms with Gasteiger partial charge in [-0.25, -0.2) is 0 Å². The summed E-state index contributed by atoms with van der Waals surface area (Å²) in [5, 5.41) is 3.32. The molecule has 1 unspecified atom stereocenters. The Morgan fingerprint density at radius 1 is 1.64 bits per heavy atom. The van der Waals surface area contributed by atoms with Crippen molar-refractivity contribution in [3.8, 4) is 0 Å². The Morgan fingerprint density at radius 2 is 2.45 bits per heavy atom. The Balaban J connectivity index is 2.07. The number of likely N-dealkylation sites (tertiary alicyclic amines) is 1. The molecule has 1 atom stereocenters. The molecule has 0 bridgehead atoms. The molecule has 1 N–H and O–H groups in total. The molecule has 2 rings (SSSR count). The monoisotopic (exact) mass is 154 g/mol. The van der Waals surface area contributed by atoms with Crippen molar-refractivity contribution in [1.29, 1.82) is 0 Å². The predicted octanol–water partition coefficient (Wildman–Crippen LogP) is -0.377. The lowest BCUT2D eigenvalue weighted by Crippen LogP contribution is -2.41. The second kappa shape index (κ2) is 2.29. The minimum absolute atomic E-state index is 0.159. The van der Waals surface area contributed by atoms with E-state index in [0.717, 1.165) is 25.9 Å². The topological polar surface area (TPSA) is 32.3 Å². The lowest BCUT2D eigenvalue weighted by atomic mass is 9.97. The van der Waals surface area contributed by atoms with Gasteiger partial charge in [-0.05, 0) is 20.0 Å². The summed E-state index contributed by atoms with van der Waals surface area (Å²) in [5.74, 6) is 0.375. The quantitative estimate of drug-likeness (QED) is 0.516. The molecule has 2 aliphatic heterocycles. The van der Waals surface area contributed by atoms with E-state index in [1.807, 2.05) is 0 Å². The van der Waals surface area contributed by atoms with E-state index in [0.29, 0.717) is 12.3 Å². The number of ketones is 1. The summed E-state index contributed by atoms with van der Waals surface area (Å²) in [7, 11) is 2.11. The van der Waals surface area contributed by atoms with Crippen LogP contribution in [0, 0.1) is 0 Å². The molecule has 3 nitrogen and oxygen atoms in total. The van der Waals surface area contributed by atoms with Crippen LogP contribution in [0.2, 0.25) is 0 Å². The van der Waals surface area contributed by atoms with Crippen molar-refractivity contribution in [3.05, 3.63) is 0 Å². The van der Waals surface area contributed by atoms with Crippen LogP contribution >= 0.6 is 0 Å². The SMILES string of the molecule is CN1CCC2(CC(=O)CN2)C1. The molecule has 3 heteroatoms. The molecular formula is C8H14N2O. The van der Waals surface area contributed by atoms with Crippen molar-refractivity contribution in [1.82, 2.24) is 10.2 Å². The van der Waals surface area contributed by atoms with Crippen LogP contribution in [0.15, 0.2) is 0 Å². The molecule has 0 aromatic heterocycles. The number of likely N-dealkylation sites (N-methyl/N-ethyl adjacent to an activating group) is 1.